The number of carbonyl (C=O) groups excluding carboxylic acids is 1. The van der Waals surface area contributed by atoms with E-state index >= 15 is 0 Å². The van der Waals surface area contributed by atoms with E-state index in [-0.39, 0.29) is 23.7 Å². The lowest BCUT2D eigenvalue weighted by Gasteiger charge is -2.08. The number of ether oxygens (including phenoxy) is 1. The van der Waals surface area contributed by atoms with Crippen LogP contribution in [0, 0.1) is 0 Å². The molecule has 0 spiro atoms. The van der Waals surface area contributed by atoms with Gasteiger partial charge in [-0.1, -0.05) is 11.3 Å². The fraction of sp³-hybridized carbons (Fsp3) is 0.200. The van der Waals surface area contributed by atoms with Crippen molar-refractivity contribution in [1.29, 1.82) is 0 Å². The van der Waals surface area contributed by atoms with Gasteiger partial charge < -0.3 is 16.2 Å². The number of aromatic nitrogens is 2. The van der Waals surface area contributed by atoms with Crippen molar-refractivity contribution in [2.24, 2.45) is 16.5 Å². The van der Waals surface area contributed by atoms with E-state index in [2.05, 4.69) is 20.3 Å². The fourth-order valence-electron chi connectivity index (χ4n) is 2.00. The first-order chi connectivity index (χ1) is 11.9. The summed E-state index contributed by atoms with van der Waals surface area (Å²) in [5, 5.41) is 5.13. The van der Waals surface area contributed by atoms with Crippen LogP contribution in [0.25, 0.3) is 10.2 Å². The molecule has 3 aromatic rings. The number of nitrogens with two attached hydrogens (primary N) is 2. The van der Waals surface area contributed by atoms with Crippen LogP contribution in [0.1, 0.15) is 24.3 Å². The molecule has 25 heavy (non-hydrogen) atoms. The number of carbonyl (C=O) groups is 1. The summed E-state index contributed by atoms with van der Waals surface area (Å²) >= 11 is 2.55. The van der Waals surface area contributed by atoms with Crippen LogP contribution in [0.3, 0.4) is 0 Å². The lowest BCUT2D eigenvalue weighted by Crippen LogP contribution is -2.21. The highest BCUT2D eigenvalue weighted by molar-refractivity contribution is 7.22. The summed E-state index contributed by atoms with van der Waals surface area (Å²) in [6.07, 6.45) is 0.0827. The van der Waals surface area contributed by atoms with Gasteiger partial charge in [0.25, 0.3) is 5.91 Å². The average Bonchev–Trinajstić information content (AvgIpc) is 3.11. The first-order valence-electron chi connectivity index (χ1n) is 7.34. The number of hydrogen-bond donors (Lipinski definition) is 3. The van der Waals surface area contributed by atoms with Crippen molar-refractivity contribution < 1.29 is 9.53 Å². The standard InChI is InChI=1S/C15H16N6O2S2/c1-7(2)23-8-3-4-11-9(5-8)18-15(25-11)20-12(22)10-6-24-14(19-10)21-13(16)17/h3-7H,1-2H3,(H,18,20,22)(H4,16,17,19,21). The maximum absolute atomic E-state index is 12.3. The first kappa shape index (κ1) is 17.1. The Hall–Kier alpha value is -2.72. The number of aliphatic imine (C=N–C) groups is 1. The molecule has 0 radical (unpaired) electrons. The van der Waals surface area contributed by atoms with Crippen molar-refractivity contribution in [2.75, 3.05) is 5.32 Å². The van der Waals surface area contributed by atoms with Gasteiger partial charge in [-0.2, -0.15) is 4.99 Å². The second-order valence-electron chi connectivity index (χ2n) is 5.32. The van der Waals surface area contributed by atoms with Crippen molar-refractivity contribution in [3.05, 3.63) is 29.3 Å². The molecule has 130 valence electrons. The summed E-state index contributed by atoms with van der Waals surface area (Å²) in [6.45, 7) is 3.92. The molecule has 1 amide bonds. The van der Waals surface area contributed by atoms with Crippen LogP contribution in [0.2, 0.25) is 0 Å². The third-order valence-electron chi connectivity index (χ3n) is 2.90. The second kappa shape index (κ2) is 7.03. The molecular weight excluding hydrogens is 360 g/mol. The van der Waals surface area contributed by atoms with E-state index in [0.29, 0.717) is 10.3 Å². The van der Waals surface area contributed by atoms with E-state index in [1.165, 1.54) is 22.7 Å². The summed E-state index contributed by atoms with van der Waals surface area (Å²) in [6, 6.07) is 5.65. The molecule has 2 aromatic heterocycles. The van der Waals surface area contributed by atoms with E-state index in [9.17, 15) is 4.79 Å². The van der Waals surface area contributed by atoms with E-state index < -0.39 is 0 Å². The minimum absolute atomic E-state index is 0.0827. The van der Waals surface area contributed by atoms with Gasteiger partial charge in [-0.05, 0) is 26.0 Å². The number of nitrogens with zero attached hydrogens (tertiary/aromatic N) is 3. The van der Waals surface area contributed by atoms with E-state index in [1.807, 2.05) is 32.0 Å². The highest BCUT2D eigenvalue weighted by Gasteiger charge is 2.14. The Labute approximate surface area is 151 Å². The van der Waals surface area contributed by atoms with E-state index in [1.54, 1.807) is 5.38 Å². The smallest absolute Gasteiger partial charge is 0.276 e. The van der Waals surface area contributed by atoms with Gasteiger partial charge in [0.15, 0.2) is 11.1 Å². The number of nitrogens with one attached hydrogen (secondary N) is 1. The maximum atomic E-state index is 12.3. The molecule has 5 N–H and O–H groups in total. The Bertz CT molecular complexity index is 943. The largest absolute Gasteiger partial charge is 0.491 e. The Balaban J connectivity index is 1.76. The monoisotopic (exact) mass is 376 g/mol. The molecule has 2 heterocycles. The van der Waals surface area contributed by atoms with Crippen LogP contribution in [-0.4, -0.2) is 27.9 Å². The lowest BCUT2D eigenvalue weighted by atomic mass is 10.3. The molecule has 0 saturated heterocycles. The summed E-state index contributed by atoms with van der Waals surface area (Å²) in [4.78, 5) is 24.6. The zero-order chi connectivity index (χ0) is 18.0. The summed E-state index contributed by atoms with van der Waals surface area (Å²) in [5.74, 6) is 0.268. The Kier molecular flexibility index (Phi) is 4.81. The number of rotatable bonds is 5. The minimum atomic E-state index is -0.369. The number of hydrogen-bond acceptors (Lipinski definition) is 7. The lowest BCUT2D eigenvalue weighted by molar-refractivity contribution is 0.102. The normalized spacial score (nSPS) is 10.8. The molecular formula is C15H16N6O2S2. The Morgan fingerprint density at radius 1 is 1.32 bits per heavy atom. The highest BCUT2D eigenvalue weighted by atomic mass is 32.1. The molecule has 0 saturated carbocycles. The highest BCUT2D eigenvalue weighted by Crippen LogP contribution is 2.29. The SMILES string of the molecule is CC(C)Oc1ccc2sc(NC(=O)c3csc(N=C(N)N)n3)nc2c1. The maximum Gasteiger partial charge on any atom is 0.276 e. The molecule has 0 aliphatic heterocycles. The molecule has 0 fully saturated rings. The predicted octanol–water partition coefficient (Wildman–Crippen LogP) is 2.70. The van der Waals surface area contributed by atoms with Crippen molar-refractivity contribution >= 4 is 55.0 Å². The zero-order valence-electron chi connectivity index (χ0n) is 13.5. The van der Waals surface area contributed by atoms with Crippen LogP contribution in [-0.2, 0) is 0 Å². The first-order valence-corrected chi connectivity index (χ1v) is 9.04. The Morgan fingerprint density at radius 2 is 2.12 bits per heavy atom. The van der Waals surface area contributed by atoms with Crippen molar-refractivity contribution in [3.63, 3.8) is 0 Å². The van der Waals surface area contributed by atoms with Crippen LogP contribution in [0.5, 0.6) is 5.75 Å². The molecule has 8 nitrogen and oxygen atoms in total. The van der Waals surface area contributed by atoms with Gasteiger partial charge in [0, 0.05) is 11.4 Å². The molecule has 10 heteroatoms. The molecule has 1 aromatic carbocycles. The number of guanidine groups is 1. The van der Waals surface area contributed by atoms with Gasteiger partial charge >= 0.3 is 0 Å². The van der Waals surface area contributed by atoms with Gasteiger partial charge in [-0.3, -0.25) is 10.1 Å². The van der Waals surface area contributed by atoms with Gasteiger partial charge in [-0.25, -0.2) is 9.97 Å². The molecule has 0 bridgehead atoms. The van der Waals surface area contributed by atoms with Crippen molar-refractivity contribution in [3.8, 4) is 5.75 Å². The van der Waals surface area contributed by atoms with Crippen LogP contribution in [0.4, 0.5) is 10.3 Å². The summed E-state index contributed by atoms with van der Waals surface area (Å²) < 4.78 is 6.60. The average molecular weight is 376 g/mol. The molecule has 0 unspecified atom stereocenters. The molecule has 0 atom stereocenters. The van der Waals surface area contributed by atoms with Gasteiger partial charge in [-0.15, -0.1) is 11.3 Å². The number of anilines is 1. The number of thiazole rings is 2. The molecule has 0 aliphatic rings. The minimum Gasteiger partial charge on any atom is -0.491 e. The van der Waals surface area contributed by atoms with E-state index in [4.69, 9.17) is 16.2 Å². The second-order valence-corrected chi connectivity index (χ2v) is 7.19. The summed E-state index contributed by atoms with van der Waals surface area (Å²) in [5.41, 5.74) is 11.6. The third kappa shape index (κ3) is 4.22. The number of amides is 1. The van der Waals surface area contributed by atoms with Gasteiger partial charge in [0.1, 0.15) is 11.4 Å². The van der Waals surface area contributed by atoms with Crippen LogP contribution >= 0.6 is 22.7 Å². The van der Waals surface area contributed by atoms with Crippen molar-refractivity contribution in [1.82, 2.24) is 9.97 Å². The van der Waals surface area contributed by atoms with Gasteiger partial charge in [0.05, 0.1) is 16.3 Å². The van der Waals surface area contributed by atoms with E-state index in [0.717, 1.165) is 16.0 Å². The zero-order valence-corrected chi connectivity index (χ0v) is 15.1. The van der Waals surface area contributed by atoms with Gasteiger partial charge in [0.2, 0.25) is 5.13 Å². The fourth-order valence-corrected chi connectivity index (χ4v) is 3.52. The number of benzene rings is 1. The van der Waals surface area contributed by atoms with Crippen LogP contribution in [0.15, 0.2) is 28.6 Å². The predicted molar refractivity (Wildman–Crippen MR) is 101 cm³/mol. The van der Waals surface area contributed by atoms with Crippen molar-refractivity contribution in [2.45, 2.75) is 20.0 Å². The van der Waals surface area contributed by atoms with Crippen LogP contribution < -0.4 is 21.5 Å². The third-order valence-corrected chi connectivity index (χ3v) is 4.59. The quantitative estimate of drug-likeness (QED) is 0.464. The molecule has 0 aliphatic carbocycles. The Morgan fingerprint density at radius 3 is 2.84 bits per heavy atom. The number of fused-ring (bicyclic) bond motifs is 1. The molecule has 3 rings (SSSR count). The topological polar surface area (TPSA) is 129 Å². The summed E-state index contributed by atoms with van der Waals surface area (Å²) in [7, 11) is 0.